The first-order valence-electron chi connectivity index (χ1n) is 6.99. The minimum atomic E-state index is -1.07. The number of hydrogen-bond acceptors (Lipinski definition) is 4. The van der Waals surface area contributed by atoms with Crippen LogP contribution in [0.5, 0.6) is 0 Å². The van der Waals surface area contributed by atoms with Crippen LogP contribution < -0.4 is 5.32 Å². The summed E-state index contributed by atoms with van der Waals surface area (Å²) in [7, 11) is 0. The Hall–Kier alpha value is -1.92. The third-order valence-corrected chi connectivity index (χ3v) is 3.64. The largest absolute Gasteiger partial charge is 0.479 e. The van der Waals surface area contributed by atoms with Crippen molar-refractivity contribution in [1.29, 1.82) is 0 Å². The van der Waals surface area contributed by atoms with E-state index in [2.05, 4.69) is 5.32 Å². The van der Waals surface area contributed by atoms with Crippen molar-refractivity contribution in [3.8, 4) is 0 Å². The van der Waals surface area contributed by atoms with Crippen LogP contribution in [0.4, 0.5) is 0 Å². The van der Waals surface area contributed by atoms with Crippen LogP contribution in [0.2, 0.25) is 0 Å². The molecule has 1 aliphatic heterocycles. The average Bonchev–Trinajstić information content (AvgIpc) is 2.53. The highest BCUT2D eigenvalue weighted by Crippen LogP contribution is 2.14. The molecule has 0 spiro atoms. The maximum absolute atomic E-state index is 12.3. The number of carbonyl (C=O) groups is 2. The number of rotatable bonds is 5. The molecule has 1 aromatic rings. The lowest BCUT2D eigenvalue weighted by Crippen LogP contribution is -2.51. The molecular formula is C15H20N2O4. The van der Waals surface area contributed by atoms with Gasteiger partial charge in [-0.25, -0.2) is 4.79 Å². The van der Waals surface area contributed by atoms with Gasteiger partial charge in [0.15, 0.2) is 6.04 Å². The molecule has 1 aliphatic rings. The molecule has 21 heavy (non-hydrogen) atoms. The van der Waals surface area contributed by atoms with Crippen molar-refractivity contribution in [3.63, 3.8) is 0 Å². The first kappa shape index (κ1) is 15.5. The Bertz CT molecular complexity index is 486. The van der Waals surface area contributed by atoms with Crippen LogP contribution in [0.3, 0.4) is 0 Å². The molecule has 2 N–H and O–H groups in total. The van der Waals surface area contributed by atoms with Crippen LogP contribution in [0.25, 0.3) is 0 Å². The van der Waals surface area contributed by atoms with Gasteiger partial charge < -0.3 is 15.2 Å². The van der Waals surface area contributed by atoms with Gasteiger partial charge in [0.05, 0.1) is 19.3 Å². The number of nitrogens with one attached hydrogen (secondary N) is 1. The fraction of sp³-hybridized carbons (Fsp3) is 0.467. The summed E-state index contributed by atoms with van der Waals surface area (Å²) in [5, 5.41) is 11.9. The van der Waals surface area contributed by atoms with Gasteiger partial charge in [-0.05, 0) is 12.5 Å². The zero-order valence-electron chi connectivity index (χ0n) is 12.0. The lowest BCUT2D eigenvalue weighted by molar-refractivity contribution is -0.143. The molecule has 6 nitrogen and oxygen atoms in total. The van der Waals surface area contributed by atoms with Gasteiger partial charge in [0.25, 0.3) is 0 Å². The third-order valence-electron chi connectivity index (χ3n) is 3.64. The fourth-order valence-corrected chi connectivity index (χ4v) is 2.33. The molecule has 1 heterocycles. The topological polar surface area (TPSA) is 78.9 Å². The van der Waals surface area contributed by atoms with Crippen LogP contribution >= 0.6 is 0 Å². The normalized spacial score (nSPS) is 18.7. The second-order valence-corrected chi connectivity index (χ2v) is 5.01. The van der Waals surface area contributed by atoms with Crippen molar-refractivity contribution in [3.05, 3.63) is 35.9 Å². The molecule has 2 atom stereocenters. The first-order chi connectivity index (χ1) is 10.1. The molecule has 0 bridgehead atoms. The third kappa shape index (κ3) is 4.03. The number of carboxylic acids is 1. The Morgan fingerprint density at radius 3 is 2.43 bits per heavy atom. The van der Waals surface area contributed by atoms with E-state index in [-0.39, 0.29) is 11.9 Å². The summed E-state index contributed by atoms with van der Waals surface area (Å²) in [5.41, 5.74) is 0.563. The molecule has 1 unspecified atom stereocenters. The molecule has 1 aromatic carbocycles. The van der Waals surface area contributed by atoms with Crippen LogP contribution in [-0.2, 0) is 14.3 Å². The maximum Gasteiger partial charge on any atom is 0.330 e. The van der Waals surface area contributed by atoms with E-state index in [9.17, 15) is 14.7 Å². The Balaban J connectivity index is 2.03. The van der Waals surface area contributed by atoms with E-state index in [0.29, 0.717) is 31.9 Å². The average molecular weight is 292 g/mol. The predicted octanol–water partition coefficient (Wildman–Crippen LogP) is 0.649. The predicted molar refractivity (Wildman–Crippen MR) is 76.8 cm³/mol. The molecule has 6 heteroatoms. The zero-order valence-corrected chi connectivity index (χ0v) is 12.0. The molecule has 0 aromatic heterocycles. The van der Waals surface area contributed by atoms with Crippen LogP contribution in [0.1, 0.15) is 18.5 Å². The van der Waals surface area contributed by atoms with E-state index < -0.39 is 12.0 Å². The van der Waals surface area contributed by atoms with E-state index in [1.54, 1.807) is 37.3 Å². The van der Waals surface area contributed by atoms with E-state index >= 15 is 0 Å². The second-order valence-electron chi connectivity index (χ2n) is 5.01. The summed E-state index contributed by atoms with van der Waals surface area (Å²) in [6, 6.07) is 7.30. The lowest BCUT2D eigenvalue weighted by atomic mass is 10.1. The second kappa shape index (κ2) is 7.19. The number of carbonyl (C=O) groups excluding carboxylic acids is 1. The van der Waals surface area contributed by atoms with Gasteiger partial charge in [0.1, 0.15) is 0 Å². The van der Waals surface area contributed by atoms with Gasteiger partial charge in [-0.15, -0.1) is 0 Å². The number of nitrogens with zero attached hydrogens (tertiary/aromatic N) is 1. The highest BCUT2D eigenvalue weighted by molar-refractivity contribution is 5.87. The Labute approximate surface area is 123 Å². The van der Waals surface area contributed by atoms with Gasteiger partial charge in [0.2, 0.25) is 5.91 Å². The Kier molecular flexibility index (Phi) is 5.30. The molecule has 1 saturated heterocycles. The van der Waals surface area contributed by atoms with Crippen molar-refractivity contribution >= 4 is 11.9 Å². The quantitative estimate of drug-likeness (QED) is 0.833. The molecule has 0 aliphatic carbocycles. The maximum atomic E-state index is 12.3. The highest BCUT2D eigenvalue weighted by atomic mass is 16.5. The summed E-state index contributed by atoms with van der Waals surface area (Å²) in [5.74, 6) is -1.35. The molecule has 1 amide bonds. The number of carboxylic acid groups (broad SMARTS) is 1. The number of hydrogen-bond donors (Lipinski definition) is 2. The highest BCUT2D eigenvalue weighted by Gasteiger charge is 2.28. The zero-order chi connectivity index (χ0) is 15.2. The molecule has 2 rings (SSSR count). The van der Waals surface area contributed by atoms with Crippen LogP contribution in [-0.4, -0.2) is 54.2 Å². The SMILES string of the molecule is CC(C(=O)N[C@@H](C(=O)O)c1ccccc1)N1CCOCC1. The molecule has 114 valence electrons. The molecule has 0 radical (unpaired) electrons. The van der Waals surface area contributed by atoms with Crippen molar-refractivity contribution in [2.24, 2.45) is 0 Å². The van der Waals surface area contributed by atoms with Gasteiger partial charge in [-0.2, -0.15) is 0 Å². The molecular weight excluding hydrogens is 272 g/mol. The Morgan fingerprint density at radius 2 is 1.86 bits per heavy atom. The summed E-state index contributed by atoms with van der Waals surface area (Å²) in [6.07, 6.45) is 0. The standard InChI is InChI=1S/C15H20N2O4/c1-11(17-7-9-21-10-8-17)14(18)16-13(15(19)20)12-5-3-2-4-6-12/h2-6,11,13H,7-10H2,1H3,(H,16,18)(H,19,20)/t11?,13-/m1/s1. The van der Waals surface area contributed by atoms with Crippen molar-refractivity contribution < 1.29 is 19.4 Å². The minimum Gasteiger partial charge on any atom is -0.479 e. The summed E-state index contributed by atoms with van der Waals surface area (Å²) < 4.78 is 5.25. The summed E-state index contributed by atoms with van der Waals surface area (Å²) in [4.78, 5) is 25.6. The van der Waals surface area contributed by atoms with E-state index in [1.807, 2.05) is 4.90 Å². The van der Waals surface area contributed by atoms with Gasteiger partial charge in [-0.1, -0.05) is 30.3 Å². The van der Waals surface area contributed by atoms with Crippen LogP contribution in [0, 0.1) is 0 Å². The first-order valence-corrected chi connectivity index (χ1v) is 6.99. The van der Waals surface area contributed by atoms with Gasteiger partial charge in [-0.3, -0.25) is 9.69 Å². The monoisotopic (exact) mass is 292 g/mol. The van der Waals surface area contributed by atoms with E-state index in [4.69, 9.17) is 4.74 Å². The van der Waals surface area contributed by atoms with Crippen molar-refractivity contribution in [2.45, 2.75) is 19.0 Å². The van der Waals surface area contributed by atoms with Crippen LogP contribution in [0.15, 0.2) is 30.3 Å². The number of ether oxygens (including phenoxy) is 1. The molecule has 1 fully saturated rings. The van der Waals surface area contributed by atoms with Gasteiger partial charge >= 0.3 is 5.97 Å². The number of aliphatic carboxylic acids is 1. The number of benzene rings is 1. The van der Waals surface area contributed by atoms with Crippen molar-refractivity contribution in [1.82, 2.24) is 10.2 Å². The van der Waals surface area contributed by atoms with Gasteiger partial charge in [0, 0.05) is 13.1 Å². The summed E-state index contributed by atoms with van der Waals surface area (Å²) >= 11 is 0. The smallest absolute Gasteiger partial charge is 0.330 e. The lowest BCUT2D eigenvalue weighted by Gasteiger charge is -2.32. The number of morpholine rings is 1. The minimum absolute atomic E-state index is 0.284. The molecule has 0 saturated carbocycles. The van der Waals surface area contributed by atoms with E-state index in [0.717, 1.165) is 0 Å². The fourth-order valence-electron chi connectivity index (χ4n) is 2.33. The van der Waals surface area contributed by atoms with E-state index in [1.165, 1.54) is 0 Å². The Morgan fingerprint density at radius 1 is 1.24 bits per heavy atom. The number of amides is 1. The van der Waals surface area contributed by atoms with Crippen molar-refractivity contribution in [2.75, 3.05) is 26.3 Å². The summed E-state index contributed by atoms with van der Waals surface area (Å²) in [6.45, 7) is 4.33.